The maximum atomic E-state index is 12.2. The van der Waals surface area contributed by atoms with Gasteiger partial charge in [0.1, 0.15) is 0 Å². The van der Waals surface area contributed by atoms with Crippen molar-refractivity contribution < 1.29 is 18.7 Å². The number of hydrogen-bond donors (Lipinski definition) is 1. The molecule has 0 aliphatic rings. The second-order valence-corrected chi connectivity index (χ2v) is 6.90. The van der Waals surface area contributed by atoms with E-state index in [1.807, 2.05) is 0 Å². The number of nitrogens with two attached hydrogens (primary N) is 1. The Kier molecular flexibility index (Phi) is 6.23. The average molecular weight is 387 g/mol. The summed E-state index contributed by atoms with van der Waals surface area (Å²) in [6.45, 7) is 1.76. The second-order valence-electron chi connectivity index (χ2n) is 5.16. The van der Waals surface area contributed by atoms with Crippen LogP contribution >= 0.6 is 11.6 Å². The van der Waals surface area contributed by atoms with Gasteiger partial charge in [-0.15, -0.1) is 0 Å². The van der Waals surface area contributed by atoms with Crippen molar-refractivity contribution in [3.63, 3.8) is 0 Å². The van der Waals surface area contributed by atoms with Gasteiger partial charge < -0.3 is 10.5 Å². The molecule has 0 aliphatic heterocycles. The van der Waals surface area contributed by atoms with Crippen molar-refractivity contribution in [2.75, 3.05) is 5.94 Å². The van der Waals surface area contributed by atoms with Gasteiger partial charge in [-0.3, -0.25) is 14.3 Å². The van der Waals surface area contributed by atoms with Crippen LogP contribution in [0, 0.1) is 10.1 Å². The number of carbonyl (C=O) groups excluding carboxylic acids is 1. The molecule has 2 N–H and O–H groups in total. The first kappa shape index (κ1) is 19.0. The van der Waals surface area contributed by atoms with E-state index in [2.05, 4.69) is 4.98 Å². The minimum absolute atomic E-state index is 0.0817. The molecule has 1 aromatic heterocycles. The molecule has 2 aromatic rings. The number of nitro benzene ring substituents is 1. The number of ether oxygens (including phenoxy) is 1. The summed E-state index contributed by atoms with van der Waals surface area (Å²) in [5.41, 5.74) is 6.06. The first-order valence-electron chi connectivity index (χ1n) is 7.07. The molecule has 11 heteroatoms. The number of rotatable bonds is 6. The molecule has 0 bridgehead atoms. The summed E-state index contributed by atoms with van der Waals surface area (Å²) < 4.78 is 18.2. The number of imidazole rings is 1. The van der Waals surface area contributed by atoms with E-state index in [1.54, 1.807) is 6.92 Å². The van der Waals surface area contributed by atoms with Gasteiger partial charge in [0.05, 0.1) is 27.6 Å². The van der Waals surface area contributed by atoms with E-state index in [1.165, 1.54) is 30.5 Å². The van der Waals surface area contributed by atoms with Gasteiger partial charge in [-0.25, -0.2) is 14.3 Å². The number of halogens is 1. The Morgan fingerprint density at radius 3 is 2.68 bits per heavy atom. The van der Waals surface area contributed by atoms with Gasteiger partial charge in [-0.1, -0.05) is 0 Å². The Hall–Kier alpha value is -2.30. The molecule has 0 amide bonds. The molecule has 0 saturated heterocycles. The minimum Gasteiger partial charge on any atom is -0.435 e. The molecular formula is C14H15ClN4O5S. The van der Waals surface area contributed by atoms with E-state index in [9.17, 15) is 19.1 Å². The number of non-ortho nitro benzene ring substituents is 1. The van der Waals surface area contributed by atoms with Crippen molar-refractivity contribution in [2.45, 2.75) is 24.3 Å². The fourth-order valence-electron chi connectivity index (χ4n) is 1.98. The Morgan fingerprint density at radius 2 is 2.12 bits per heavy atom. The van der Waals surface area contributed by atoms with Gasteiger partial charge in [0, 0.05) is 29.5 Å². The zero-order valence-electron chi connectivity index (χ0n) is 13.1. The molecule has 9 nitrogen and oxygen atoms in total. The third kappa shape index (κ3) is 4.84. The van der Waals surface area contributed by atoms with E-state index in [0.29, 0.717) is 17.0 Å². The van der Waals surface area contributed by atoms with Crippen LogP contribution in [-0.4, -0.2) is 36.8 Å². The second kappa shape index (κ2) is 8.19. The molecule has 0 aliphatic carbocycles. The van der Waals surface area contributed by atoms with Crippen LogP contribution in [0.5, 0.6) is 0 Å². The molecule has 25 heavy (non-hydrogen) atoms. The minimum atomic E-state index is -1.68. The van der Waals surface area contributed by atoms with Crippen LogP contribution in [0.1, 0.15) is 12.6 Å². The molecule has 1 unspecified atom stereocenters. The summed E-state index contributed by atoms with van der Waals surface area (Å²) in [6.07, 6.45) is 0.953. The van der Waals surface area contributed by atoms with E-state index < -0.39 is 27.8 Å². The number of nitrogens with zero attached hydrogens (tertiary/aromatic N) is 3. The zero-order valence-corrected chi connectivity index (χ0v) is 14.7. The van der Waals surface area contributed by atoms with E-state index in [-0.39, 0.29) is 17.0 Å². The largest absolute Gasteiger partial charge is 0.435 e. The van der Waals surface area contributed by atoms with Crippen molar-refractivity contribution in [2.24, 2.45) is 5.73 Å². The fourth-order valence-corrected chi connectivity index (χ4v) is 2.99. The van der Waals surface area contributed by atoms with Crippen LogP contribution < -0.4 is 5.73 Å². The van der Waals surface area contributed by atoms with Crippen LogP contribution in [0.4, 0.5) is 10.5 Å². The van der Waals surface area contributed by atoms with Gasteiger partial charge >= 0.3 is 6.09 Å². The van der Waals surface area contributed by atoms with Crippen molar-refractivity contribution >= 4 is 34.2 Å². The van der Waals surface area contributed by atoms with Gasteiger partial charge in [0.25, 0.3) is 5.69 Å². The van der Waals surface area contributed by atoms with Crippen LogP contribution in [-0.2, 0) is 22.0 Å². The predicted molar refractivity (Wildman–Crippen MR) is 90.8 cm³/mol. The maximum absolute atomic E-state index is 12.2. The topological polar surface area (TPSA) is 130 Å². The van der Waals surface area contributed by atoms with Crippen molar-refractivity contribution in [1.29, 1.82) is 0 Å². The van der Waals surface area contributed by atoms with Crippen molar-refractivity contribution in [3.05, 3.63) is 51.6 Å². The quantitative estimate of drug-likeness (QED) is 0.593. The van der Waals surface area contributed by atoms with Gasteiger partial charge in [-0.05, 0) is 30.7 Å². The molecule has 0 spiro atoms. The number of nitro groups is 1. The normalized spacial score (nSPS) is 13.2. The Bertz CT molecular complexity index is 806. The Morgan fingerprint density at radius 1 is 1.48 bits per heavy atom. The average Bonchev–Trinajstić information content (AvgIpc) is 2.92. The smallest absolute Gasteiger partial charge is 0.421 e. The summed E-state index contributed by atoms with van der Waals surface area (Å²) in [6, 6.07) is 4.92. The molecule has 2 rings (SSSR count). The lowest BCUT2D eigenvalue weighted by Crippen LogP contribution is -2.24. The highest BCUT2D eigenvalue weighted by Gasteiger charge is 2.19. The number of hydrogen-bond acceptors (Lipinski definition) is 7. The Balaban J connectivity index is 2.03. The van der Waals surface area contributed by atoms with Crippen LogP contribution in [0.15, 0.2) is 35.4 Å². The van der Waals surface area contributed by atoms with Crippen LogP contribution in [0.3, 0.4) is 0 Å². The number of aromatic nitrogens is 2. The van der Waals surface area contributed by atoms with Crippen molar-refractivity contribution in [3.8, 4) is 0 Å². The Labute approximate surface area is 150 Å². The van der Waals surface area contributed by atoms with E-state index in [0.717, 1.165) is 4.57 Å². The lowest BCUT2D eigenvalue weighted by atomic mass is 10.2. The molecule has 0 saturated carbocycles. The highest BCUT2D eigenvalue weighted by atomic mass is 35.5. The SMILES string of the molecule is C[C@@H](N)Cc1cnc(Cl)n1C(=O)OCS(=O)c1ccc([N+](=O)[O-])cc1. The maximum Gasteiger partial charge on any atom is 0.421 e. The van der Waals surface area contributed by atoms with Gasteiger partial charge in [-0.2, -0.15) is 0 Å². The fraction of sp³-hybridized carbons (Fsp3) is 0.286. The van der Waals surface area contributed by atoms with Gasteiger partial charge in [0.2, 0.25) is 5.28 Å². The van der Waals surface area contributed by atoms with Crippen LogP contribution in [0.25, 0.3) is 0 Å². The van der Waals surface area contributed by atoms with Crippen molar-refractivity contribution in [1.82, 2.24) is 9.55 Å². The molecule has 2 atom stereocenters. The predicted octanol–water partition coefficient (Wildman–Crippen LogP) is 2.08. The number of carbonyl (C=O) groups is 1. The standard InChI is InChI=1S/C14H15ClN4O5S/c1-9(16)6-11-7-17-13(15)18(11)14(20)24-8-25(23)12-4-2-10(3-5-12)19(21)22/h2-5,7,9H,6,8,16H2,1H3/t9-,25?/m1/s1. The summed E-state index contributed by atoms with van der Waals surface area (Å²) >= 11 is 5.87. The first-order chi connectivity index (χ1) is 11.8. The third-order valence-corrected chi connectivity index (χ3v) is 4.50. The number of benzene rings is 1. The lowest BCUT2D eigenvalue weighted by molar-refractivity contribution is -0.384. The monoisotopic (exact) mass is 386 g/mol. The summed E-state index contributed by atoms with van der Waals surface area (Å²) in [7, 11) is -1.68. The highest BCUT2D eigenvalue weighted by Crippen LogP contribution is 2.16. The molecule has 1 aromatic carbocycles. The molecule has 0 radical (unpaired) electrons. The summed E-state index contributed by atoms with van der Waals surface area (Å²) in [5.74, 6) is -0.428. The third-order valence-electron chi connectivity index (χ3n) is 3.11. The highest BCUT2D eigenvalue weighted by molar-refractivity contribution is 7.84. The molecular weight excluding hydrogens is 372 g/mol. The molecule has 134 valence electrons. The van der Waals surface area contributed by atoms with E-state index >= 15 is 0 Å². The molecule has 1 heterocycles. The van der Waals surface area contributed by atoms with Gasteiger partial charge in [0.15, 0.2) is 5.94 Å². The molecule has 0 fully saturated rings. The summed E-state index contributed by atoms with van der Waals surface area (Å²) in [4.78, 5) is 26.3. The zero-order chi connectivity index (χ0) is 18.6. The summed E-state index contributed by atoms with van der Waals surface area (Å²) in [5, 5.41) is 10.5. The van der Waals surface area contributed by atoms with E-state index in [4.69, 9.17) is 22.1 Å². The van der Waals surface area contributed by atoms with Crippen LogP contribution in [0.2, 0.25) is 5.28 Å². The first-order valence-corrected chi connectivity index (χ1v) is 8.77. The lowest BCUT2D eigenvalue weighted by Gasteiger charge is -2.10.